The highest BCUT2D eigenvalue weighted by atomic mass is 16.5. The van der Waals surface area contributed by atoms with E-state index < -0.39 is 0 Å². The fourth-order valence-electron chi connectivity index (χ4n) is 5.55. The van der Waals surface area contributed by atoms with E-state index in [1.165, 1.54) is 22.2 Å². The lowest BCUT2D eigenvalue weighted by molar-refractivity contribution is -0.187. The van der Waals surface area contributed by atoms with Crippen molar-refractivity contribution in [2.24, 2.45) is 5.41 Å². The van der Waals surface area contributed by atoms with E-state index in [-0.39, 0.29) is 17.5 Å². The number of ether oxygens (including phenoxy) is 1. The minimum atomic E-state index is -0.00907. The summed E-state index contributed by atoms with van der Waals surface area (Å²) in [5.74, 6) is -0.00907. The molecule has 0 amide bonds. The number of rotatable bonds is 1. The van der Waals surface area contributed by atoms with Gasteiger partial charge in [0.05, 0.1) is 6.04 Å². The van der Waals surface area contributed by atoms with Crippen molar-refractivity contribution in [3.8, 4) is 0 Å². The van der Waals surface area contributed by atoms with Gasteiger partial charge in [0.25, 0.3) is 0 Å². The minimum absolute atomic E-state index is 0.00907. The van der Waals surface area contributed by atoms with Crippen LogP contribution in [0.1, 0.15) is 49.9 Å². The molecule has 4 heterocycles. The third-order valence-electron chi connectivity index (χ3n) is 6.73. The lowest BCUT2D eigenvalue weighted by Crippen LogP contribution is -2.58. The Kier molecular flexibility index (Phi) is 3.08. The highest BCUT2D eigenvalue weighted by molar-refractivity contribution is 5.85. The molecule has 0 aliphatic carbocycles. The first-order valence-electron chi connectivity index (χ1n) is 9.26. The molecule has 0 radical (unpaired) electrons. The molecule has 3 atom stereocenters. The molecule has 4 nitrogen and oxygen atoms in total. The number of esters is 1. The Labute approximate surface area is 142 Å². The molecule has 3 aliphatic rings. The number of aromatic nitrogens is 1. The predicted molar refractivity (Wildman–Crippen MR) is 92.8 cm³/mol. The van der Waals surface area contributed by atoms with Crippen LogP contribution in [-0.2, 0) is 16.0 Å². The average Bonchev–Trinajstić information content (AvgIpc) is 2.99. The molecular weight excluding hydrogens is 300 g/mol. The summed E-state index contributed by atoms with van der Waals surface area (Å²) in [5, 5.41) is 1.37. The standard InChI is InChI=1S/C20H24N2O2/c1-2-20-10-7-17(23)24-16(20)9-12-22-11-8-14-13-5-3-4-6-15(13)21-18(14)19(20)22/h3-6,16,19,21H,2,7-12H2,1H3/t16-,19+,20+/m0/s1. The van der Waals surface area contributed by atoms with E-state index in [1.807, 2.05) is 0 Å². The minimum Gasteiger partial charge on any atom is -0.462 e. The molecule has 0 unspecified atom stereocenters. The summed E-state index contributed by atoms with van der Waals surface area (Å²) < 4.78 is 5.84. The number of carbonyl (C=O) groups is 1. The summed E-state index contributed by atoms with van der Waals surface area (Å²) in [6, 6.07) is 9.00. The van der Waals surface area contributed by atoms with Gasteiger partial charge in [0.15, 0.2) is 0 Å². The zero-order valence-electron chi connectivity index (χ0n) is 14.2. The van der Waals surface area contributed by atoms with Crippen molar-refractivity contribution in [1.82, 2.24) is 9.88 Å². The predicted octanol–water partition coefficient (Wildman–Crippen LogP) is 3.57. The Balaban J connectivity index is 1.69. The Bertz CT molecular complexity index is 811. The van der Waals surface area contributed by atoms with Gasteiger partial charge in [-0.05, 0) is 37.3 Å². The molecule has 3 aliphatic heterocycles. The maximum absolute atomic E-state index is 11.9. The van der Waals surface area contributed by atoms with Gasteiger partial charge in [-0.25, -0.2) is 0 Å². The van der Waals surface area contributed by atoms with Gasteiger partial charge in [-0.15, -0.1) is 0 Å². The second-order valence-electron chi connectivity index (χ2n) is 7.61. The maximum Gasteiger partial charge on any atom is 0.306 e. The molecule has 2 saturated heterocycles. The first-order chi connectivity index (χ1) is 11.7. The lowest BCUT2D eigenvalue weighted by Gasteiger charge is -2.56. The van der Waals surface area contributed by atoms with Gasteiger partial charge < -0.3 is 9.72 Å². The number of H-pyrrole nitrogens is 1. The van der Waals surface area contributed by atoms with Crippen molar-refractivity contribution < 1.29 is 9.53 Å². The number of nitrogens with zero attached hydrogens (tertiary/aromatic N) is 1. The van der Waals surface area contributed by atoms with Gasteiger partial charge in [0.1, 0.15) is 6.10 Å². The highest BCUT2D eigenvalue weighted by Gasteiger charge is 2.55. The van der Waals surface area contributed by atoms with E-state index in [9.17, 15) is 4.79 Å². The molecule has 1 N–H and O–H groups in total. The number of para-hydroxylation sites is 1. The second kappa shape index (κ2) is 5.09. The smallest absolute Gasteiger partial charge is 0.306 e. The quantitative estimate of drug-likeness (QED) is 0.816. The van der Waals surface area contributed by atoms with Crippen molar-refractivity contribution in [2.45, 2.75) is 51.2 Å². The molecule has 1 aromatic heterocycles. The molecule has 2 aromatic rings. The zero-order chi connectivity index (χ0) is 16.3. The van der Waals surface area contributed by atoms with Gasteiger partial charge in [-0.3, -0.25) is 9.69 Å². The number of nitrogens with one attached hydrogen (secondary N) is 1. The SMILES string of the molecule is CC[C@@]12CCC(=O)O[C@H]1CCN1CCc3c([nH]c4ccccc34)[C@@H]12. The molecule has 5 rings (SSSR count). The van der Waals surface area contributed by atoms with Crippen LogP contribution in [0.5, 0.6) is 0 Å². The van der Waals surface area contributed by atoms with Gasteiger partial charge in [0.2, 0.25) is 0 Å². The van der Waals surface area contributed by atoms with Gasteiger partial charge in [-0.2, -0.15) is 0 Å². The van der Waals surface area contributed by atoms with Crippen LogP contribution >= 0.6 is 0 Å². The van der Waals surface area contributed by atoms with Crippen molar-refractivity contribution in [2.75, 3.05) is 13.1 Å². The number of aromatic amines is 1. The molecule has 0 saturated carbocycles. The monoisotopic (exact) mass is 324 g/mol. The summed E-state index contributed by atoms with van der Waals surface area (Å²) in [5.41, 5.74) is 4.16. The zero-order valence-corrected chi connectivity index (χ0v) is 14.2. The number of fused-ring (bicyclic) bond motifs is 7. The van der Waals surface area contributed by atoms with Crippen LogP contribution in [-0.4, -0.2) is 35.0 Å². The fraction of sp³-hybridized carbons (Fsp3) is 0.550. The van der Waals surface area contributed by atoms with Crippen LogP contribution in [0.4, 0.5) is 0 Å². The van der Waals surface area contributed by atoms with Crippen molar-refractivity contribution in [1.29, 1.82) is 0 Å². The number of carbonyl (C=O) groups excluding carboxylic acids is 1. The first kappa shape index (κ1) is 14.5. The van der Waals surface area contributed by atoms with Gasteiger partial charge in [0, 0.05) is 41.5 Å². The van der Waals surface area contributed by atoms with E-state index in [0.717, 1.165) is 38.8 Å². The molecule has 0 bridgehead atoms. The Morgan fingerprint density at radius 1 is 1.29 bits per heavy atom. The van der Waals surface area contributed by atoms with Crippen LogP contribution in [0, 0.1) is 5.41 Å². The van der Waals surface area contributed by atoms with Crippen LogP contribution in [0.2, 0.25) is 0 Å². The second-order valence-corrected chi connectivity index (χ2v) is 7.61. The molecule has 126 valence electrons. The third kappa shape index (κ3) is 1.80. The average molecular weight is 324 g/mol. The summed E-state index contributed by atoms with van der Waals surface area (Å²) in [6.45, 7) is 4.41. The molecule has 1 aromatic carbocycles. The normalized spacial score (nSPS) is 32.8. The number of hydrogen-bond donors (Lipinski definition) is 1. The van der Waals surface area contributed by atoms with Crippen LogP contribution in [0.25, 0.3) is 10.9 Å². The van der Waals surface area contributed by atoms with E-state index in [0.29, 0.717) is 12.5 Å². The Morgan fingerprint density at radius 2 is 2.17 bits per heavy atom. The number of hydrogen-bond acceptors (Lipinski definition) is 3. The lowest BCUT2D eigenvalue weighted by atomic mass is 9.63. The molecule has 0 spiro atoms. The van der Waals surface area contributed by atoms with Crippen molar-refractivity contribution in [3.05, 3.63) is 35.5 Å². The first-order valence-corrected chi connectivity index (χ1v) is 9.26. The molecule has 4 heteroatoms. The van der Waals surface area contributed by atoms with Gasteiger partial charge in [-0.1, -0.05) is 25.1 Å². The van der Waals surface area contributed by atoms with Crippen molar-refractivity contribution in [3.63, 3.8) is 0 Å². The van der Waals surface area contributed by atoms with Gasteiger partial charge >= 0.3 is 5.97 Å². The van der Waals surface area contributed by atoms with Crippen LogP contribution < -0.4 is 0 Å². The van der Waals surface area contributed by atoms with Crippen LogP contribution in [0.3, 0.4) is 0 Å². The van der Waals surface area contributed by atoms with E-state index in [1.54, 1.807) is 0 Å². The van der Waals surface area contributed by atoms with E-state index in [4.69, 9.17) is 4.74 Å². The summed E-state index contributed by atoms with van der Waals surface area (Å²) in [7, 11) is 0. The molecular formula is C20H24N2O2. The fourth-order valence-corrected chi connectivity index (χ4v) is 5.55. The summed E-state index contributed by atoms with van der Waals surface area (Å²) in [4.78, 5) is 18.3. The Hall–Kier alpha value is -1.81. The number of piperidine rings is 1. The molecule has 2 fully saturated rings. The van der Waals surface area contributed by atoms with E-state index >= 15 is 0 Å². The molecule has 24 heavy (non-hydrogen) atoms. The van der Waals surface area contributed by atoms with E-state index in [2.05, 4.69) is 41.1 Å². The maximum atomic E-state index is 11.9. The largest absolute Gasteiger partial charge is 0.462 e. The third-order valence-corrected chi connectivity index (χ3v) is 6.73. The highest BCUT2D eigenvalue weighted by Crippen LogP contribution is 2.56. The topological polar surface area (TPSA) is 45.3 Å². The summed E-state index contributed by atoms with van der Waals surface area (Å²) in [6.07, 6.45) is 4.72. The van der Waals surface area contributed by atoms with Crippen LogP contribution in [0.15, 0.2) is 24.3 Å². The summed E-state index contributed by atoms with van der Waals surface area (Å²) >= 11 is 0. The number of benzene rings is 1. The Morgan fingerprint density at radius 3 is 3.04 bits per heavy atom. The van der Waals surface area contributed by atoms with Crippen molar-refractivity contribution >= 4 is 16.9 Å².